The fourth-order valence-corrected chi connectivity index (χ4v) is 10.4. The smallest absolute Gasteiger partial charge is 0.260 e. The predicted octanol–water partition coefficient (Wildman–Crippen LogP) is 6.01. The van der Waals surface area contributed by atoms with E-state index in [0.29, 0.717) is 33.7 Å². The Morgan fingerprint density at radius 1 is 0.543 bits per heavy atom. The van der Waals surface area contributed by atoms with Crippen LogP contribution in [0, 0.1) is 0 Å². The molecule has 6 rings (SSSR count). The summed E-state index contributed by atoms with van der Waals surface area (Å²) in [6, 6.07) is 42.1. The van der Waals surface area contributed by atoms with Gasteiger partial charge in [0.2, 0.25) is 5.78 Å². The summed E-state index contributed by atoms with van der Waals surface area (Å²) in [5.74, 6) is -0.449. The molecule has 0 saturated carbocycles. The average Bonchev–Trinajstić information content (AvgIpc) is 3.40. The van der Waals surface area contributed by atoms with Gasteiger partial charge in [0, 0.05) is 16.7 Å². The Hall–Kier alpha value is -5.65. The lowest BCUT2D eigenvalue weighted by Crippen LogP contribution is -2.27. The van der Waals surface area contributed by atoms with Gasteiger partial charge in [-0.2, -0.15) is 0 Å². The van der Waals surface area contributed by atoms with E-state index in [4.69, 9.17) is 9.47 Å². The number of nitrogens with one attached hydrogen (secondary N) is 2. The average molecular weight is 627 g/mol. The molecule has 1 aliphatic rings. The van der Waals surface area contributed by atoms with E-state index in [0.717, 1.165) is 10.6 Å². The number of hydrogen-bond acceptors (Lipinski definition) is 5. The molecule has 0 radical (unpaired) electrons. The van der Waals surface area contributed by atoms with Crippen molar-refractivity contribution < 1.29 is 23.9 Å². The number of benzene rings is 5. The highest BCUT2D eigenvalue weighted by atomic mass is 31.2. The molecule has 2 amide bonds. The zero-order chi connectivity index (χ0) is 32.1. The number of Topliss-reactive ketones (excluding diaryl/α,β-unsaturated/α-hetero) is 1. The summed E-state index contributed by atoms with van der Waals surface area (Å²) in [6.07, 6.45) is 0. The highest BCUT2D eigenvalue weighted by molar-refractivity contribution is 7.96. The monoisotopic (exact) mass is 626 g/mol. The molecular formula is C38H31N2O5P. The van der Waals surface area contributed by atoms with E-state index in [9.17, 15) is 14.4 Å². The summed E-state index contributed by atoms with van der Waals surface area (Å²) in [4.78, 5) is 44.0. The maximum Gasteiger partial charge on any atom is 0.260 e. The van der Waals surface area contributed by atoms with Crippen LogP contribution in [0.3, 0.4) is 0 Å². The molecule has 7 nitrogen and oxygen atoms in total. The standard InChI is InChI=1S/C38H31N2O5P/c1-44-29-22-18-27(19-23-29)39-37(42)33-34(41)35(26-12-6-3-7-13-26)46(31-14-8-4-9-15-31,32-16-10-5-11-17-32)36(33)38(43)40-28-20-24-30(45-2)25-21-28/h3-25H,1-2H3,(H,39,42)(H,40,43). The second-order valence-corrected chi connectivity index (χ2v) is 13.7. The Kier molecular flexibility index (Phi) is 8.68. The van der Waals surface area contributed by atoms with Crippen LogP contribution in [-0.2, 0) is 14.4 Å². The lowest BCUT2D eigenvalue weighted by Gasteiger charge is -2.30. The first kappa shape index (κ1) is 30.4. The maximum absolute atomic E-state index is 14.9. The molecular weight excluding hydrogens is 595 g/mol. The molecule has 46 heavy (non-hydrogen) atoms. The lowest BCUT2D eigenvalue weighted by atomic mass is 10.0. The number of ether oxygens (including phenoxy) is 2. The highest BCUT2D eigenvalue weighted by Crippen LogP contribution is 2.61. The zero-order valence-corrected chi connectivity index (χ0v) is 26.2. The fraction of sp³-hybridized carbons (Fsp3) is 0.0526. The third kappa shape index (κ3) is 5.53. The Bertz CT molecular complexity index is 1940. The van der Waals surface area contributed by atoms with Crippen LogP contribution in [0.1, 0.15) is 5.56 Å². The molecule has 0 bridgehead atoms. The SMILES string of the molecule is COc1ccc(NC(=O)C2=C(C(=O)Nc3ccc(OC)cc3)P(c3ccccc3)(c3ccccc3)=C(c3ccccc3)C2=O)cc1. The van der Waals surface area contributed by atoms with E-state index in [1.807, 2.05) is 91.0 Å². The zero-order valence-electron chi connectivity index (χ0n) is 25.3. The summed E-state index contributed by atoms with van der Waals surface area (Å²) in [5, 5.41) is 7.99. The second kappa shape index (κ2) is 13.1. The number of carbonyl (C=O) groups excluding carboxylic acids is 3. The van der Waals surface area contributed by atoms with Gasteiger partial charge in [0.05, 0.1) is 19.5 Å². The van der Waals surface area contributed by atoms with Gasteiger partial charge in [0.1, 0.15) is 17.1 Å². The van der Waals surface area contributed by atoms with Crippen molar-refractivity contribution in [2.45, 2.75) is 0 Å². The molecule has 0 spiro atoms. The molecule has 0 saturated heterocycles. The van der Waals surface area contributed by atoms with Crippen molar-refractivity contribution in [1.29, 1.82) is 0 Å². The first-order valence-corrected chi connectivity index (χ1v) is 16.4. The van der Waals surface area contributed by atoms with E-state index in [1.165, 1.54) is 0 Å². The van der Waals surface area contributed by atoms with Gasteiger partial charge in [0.25, 0.3) is 11.8 Å². The summed E-state index contributed by atoms with van der Waals surface area (Å²) >= 11 is 0. The van der Waals surface area contributed by atoms with Crippen LogP contribution >= 0.6 is 6.89 Å². The normalized spacial score (nSPS) is 13.7. The maximum atomic E-state index is 14.9. The van der Waals surface area contributed by atoms with Gasteiger partial charge in [-0.05, 0) is 71.6 Å². The van der Waals surface area contributed by atoms with Crippen LogP contribution in [0.2, 0.25) is 0 Å². The van der Waals surface area contributed by atoms with E-state index in [1.54, 1.807) is 62.8 Å². The molecule has 0 fully saturated rings. The molecule has 5 aromatic rings. The van der Waals surface area contributed by atoms with E-state index < -0.39 is 24.5 Å². The molecule has 0 aliphatic carbocycles. The Balaban J connectivity index is 1.66. The molecule has 0 unspecified atom stereocenters. The molecule has 1 aliphatic heterocycles. The van der Waals surface area contributed by atoms with Crippen molar-refractivity contribution in [2.24, 2.45) is 0 Å². The minimum Gasteiger partial charge on any atom is -0.497 e. The quantitative estimate of drug-likeness (QED) is 0.155. The van der Waals surface area contributed by atoms with Crippen LogP contribution in [-0.4, -0.2) is 37.1 Å². The summed E-state index contributed by atoms with van der Waals surface area (Å²) in [7, 11) is 3.12. The Labute approximate surface area is 267 Å². The van der Waals surface area contributed by atoms with Crippen LogP contribution in [0.4, 0.5) is 11.4 Å². The number of hydrogen-bond donors (Lipinski definition) is 2. The first-order valence-electron chi connectivity index (χ1n) is 14.6. The summed E-state index contributed by atoms with van der Waals surface area (Å²) < 4.78 is 10.6. The van der Waals surface area contributed by atoms with Crippen molar-refractivity contribution in [3.05, 3.63) is 156 Å². The molecule has 1 heterocycles. The number of amides is 2. The van der Waals surface area contributed by atoms with E-state index in [2.05, 4.69) is 10.6 Å². The van der Waals surface area contributed by atoms with Gasteiger partial charge in [-0.25, -0.2) is 0 Å². The van der Waals surface area contributed by atoms with Crippen LogP contribution in [0.5, 0.6) is 11.5 Å². The molecule has 228 valence electrons. The van der Waals surface area contributed by atoms with Crippen LogP contribution in [0.25, 0.3) is 0 Å². The third-order valence-electron chi connectivity index (χ3n) is 7.82. The van der Waals surface area contributed by atoms with Crippen molar-refractivity contribution in [3.63, 3.8) is 0 Å². The molecule has 8 heteroatoms. The highest BCUT2D eigenvalue weighted by Gasteiger charge is 2.49. The largest absolute Gasteiger partial charge is 0.497 e. The Morgan fingerprint density at radius 3 is 1.39 bits per heavy atom. The molecule has 0 atom stereocenters. The first-order chi connectivity index (χ1) is 22.5. The number of rotatable bonds is 9. The number of carbonyl (C=O) groups is 3. The van der Waals surface area contributed by atoms with Gasteiger partial charge in [-0.1, -0.05) is 91.0 Å². The minimum absolute atomic E-state index is 0.135. The topological polar surface area (TPSA) is 93.7 Å². The minimum atomic E-state index is -3.26. The predicted molar refractivity (Wildman–Crippen MR) is 185 cm³/mol. The fourth-order valence-electron chi connectivity index (χ4n) is 5.76. The molecule has 2 N–H and O–H groups in total. The molecule has 5 aromatic carbocycles. The van der Waals surface area contributed by atoms with Crippen molar-refractivity contribution in [1.82, 2.24) is 0 Å². The van der Waals surface area contributed by atoms with Gasteiger partial charge in [-0.15, -0.1) is 0 Å². The van der Waals surface area contributed by atoms with E-state index >= 15 is 0 Å². The van der Waals surface area contributed by atoms with E-state index in [-0.39, 0.29) is 10.9 Å². The number of anilines is 2. The second-order valence-electron chi connectivity index (χ2n) is 10.5. The van der Waals surface area contributed by atoms with Gasteiger partial charge in [0.15, 0.2) is 0 Å². The van der Waals surface area contributed by atoms with Crippen molar-refractivity contribution in [2.75, 3.05) is 24.9 Å². The van der Waals surface area contributed by atoms with Crippen LogP contribution in [0.15, 0.2) is 150 Å². The summed E-state index contributed by atoms with van der Waals surface area (Å²) in [5.41, 5.74) is 1.41. The van der Waals surface area contributed by atoms with Crippen molar-refractivity contribution >= 4 is 51.8 Å². The van der Waals surface area contributed by atoms with Crippen LogP contribution < -0.4 is 30.7 Å². The lowest BCUT2D eigenvalue weighted by molar-refractivity contribution is -0.118. The van der Waals surface area contributed by atoms with Gasteiger partial charge < -0.3 is 20.1 Å². The van der Waals surface area contributed by atoms with Gasteiger partial charge in [-0.3, -0.25) is 14.4 Å². The number of ketones is 1. The Morgan fingerprint density at radius 2 is 0.957 bits per heavy atom. The van der Waals surface area contributed by atoms with Crippen molar-refractivity contribution in [3.8, 4) is 11.5 Å². The number of methoxy groups -OCH3 is 2. The van der Waals surface area contributed by atoms with Gasteiger partial charge >= 0.3 is 0 Å². The summed E-state index contributed by atoms with van der Waals surface area (Å²) in [6.45, 7) is -3.26. The third-order valence-corrected chi connectivity index (χ3v) is 12.2. The molecule has 0 aromatic heterocycles.